The molecule has 0 aliphatic carbocycles. The standard InChI is InChI=1S/C16H26N2O2/c1-12-7-8-18(9-13(12)2)10-14(19)11-20-16-6-4-3-5-15(16)17/h3-6,12-14,19H,7-11,17H2,1-2H3. The first-order valence-corrected chi connectivity index (χ1v) is 7.44. The Bertz CT molecular complexity index is 425. The number of para-hydroxylation sites is 2. The minimum Gasteiger partial charge on any atom is -0.489 e. The third-order valence-electron chi connectivity index (χ3n) is 4.24. The number of aliphatic hydroxyl groups excluding tert-OH is 1. The fraction of sp³-hybridized carbons (Fsp3) is 0.625. The van der Waals surface area contributed by atoms with Crippen LogP contribution in [0, 0.1) is 11.8 Å². The van der Waals surface area contributed by atoms with Crippen LogP contribution in [0.3, 0.4) is 0 Å². The van der Waals surface area contributed by atoms with Crippen LogP contribution in [0.15, 0.2) is 24.3 Å². The zero-order chi connectivity index (χ0) is 14.5. The summed E-state index contributed by atoms with van der Waals surface area (Å²) in [5.74, 6) is 2.12. The van der Waals surface area contributed by atoms with Gasteiger partial charge in [0.1, 0.15) is 18.5 Å². The molecular weight excluding hydrogens is 252 g/mol. The molecule has 1 aromatic rings. The van der Waals surface area contributed by atoms with Gasteiger partial charge in [-0.3, -0.25) is 0 Å². The second kappa shape index (κ2) is 6.95. The van der Waals surface area contributed by atoms with Crippen molar-refractivity contribution in [2.75, 3.05) is 32.0 Å². The number of piperidine rings is 1. The molecule has 1 fully saturated rings. The molecule has 1 saturated heterocycles. The number of hydrogen-bond donors (Lipinski definition) is 2. The summed E-state index contributed by atoms with van der Waals surface area (Å²) in [6.07, 6.45) is 0.732. The summed E-state index contributed by atoms with van der Waals surface area (Å²) < 4.78 is 5.59. The quantitative estimate of drug-likeness (QED) is 0.809. The molecular formula is C16H26N2O2. The molecule has 112 valence electrons. The van der Waals surface area contributed by atoms with Crippen molar-refractivity contribution >= 4 is 5.69 Å². The molecule has 3 unspecified atom stereocenters. The summed E-state index contributed by atoms with van der Waals surface area (Å²) in [7, 11) is 0. The first-order valence-electron chi connectivity index (χ1n) is 7.44. The number of hydrogen-bond acceptors (Lipinski definition) is 4. The summed E-state index contributed by atoms with van der Waals surface area (Å²) >= 11 is 0. The van der Waals surface area contributed by atoms with E-state index in [1.165, 1.54) is 6.42 Å². The van der Waals surface area contributed by atoms with Gasteiger partial charge < -0.3 is 20.5 Å². The van der Waals surface area contributed by atoms with Crippen molar-refractivity contribution in [3.05, 3.63) is 24.3 Å². The highest BCUT2D eigenvalue weighted by molar-refractivity contribution is 5.51. The highest BCUT2D eigenvalue weighted by Gasteiger charge is 2.24. The summed E-state index contributed by atoms with van der Waals surface area (Å²) in [6, 6.07) is 7.38. The number of aliphatic hydroxyl groups is 1. The summed E-state index contributed by atoms with van der Waals surface area (Å²) in [4.78, 5) is 2.33. The minimum absolute atomic E-state index is 0.286. The lowest BCUT2D eigenvalue weighted by molar-refractivity contribution is 0.0438. The minimum atomic E-state index is -0.477. The Hall–Kier alpha value is -1.26. The van der Waals surface area contributed by atoms with Crippen LogP contribution in [-0.2, 0) is 0 Å². The molecule has 0 bridgehead atoms. The third kappa shape index (κ3) is 4.12. The van der Waals surface area contributed by atoms with E-state index in [0.29, 0.717) is 23.9 Å². The number of ether oxygens (including phenoxy) is 1. The van der Waals surface area contributed by atoms with E-state index in [1.807, 2.05) is 18.2 Å². The van der Waals surface area contributed by atoms with E-state index < -0.39 is 6.10 Å². The average Bonchev–Trinajstić information content (AvgIpc) is 2.42. The lowest BCUT2D eigenvalue weighted by Gasteiger charge is -2.36. The molecule has 2 rings (SSSR count). The highest BCUT2D eigenvalue weighted by Crippen LogP contribution is 2.23. The van der Waals surface area contributed by atoms with Crippen LogP contribution in [0.25, 0.3) is 0 Å². The Kier molecular flexibility index (Phi) is 5.26. The maximum atomic E-state index is 10.1. The zero-order valence-corrected chi connectivity index (χ0v) is 12.5. The largest absolute Gasteiger partial charge is 0.489 e. The normalized spacial score (nSPS) is 25.4. The molecule has 1 aliphatic heterocycles. The Balaban J connectivity index is 1.76. The SMILES string of the molecule is CC1CCN(CC(O)COc2ccccc2N)CC1C. The second-order valence-electron chi connectivity index (χ2n) is 6.01. The smallest absolute Gasteiger partial charge is 0.142 e. The third-order valence-corrected chi connectivity index (χ3v) is 4.24. The van der Waals surface area contributed by atoms with Gasteiger partial charge in [0.15, 0.2) is 0 Å². The van der Waals surface area contributed by atoms with E-state index >= 15 is 0 Å². The van der Waals surface area contributed by atoms with Crippen LogP contribution in [0.2, 0.25) is 0 Å². The van der Waals surface area contributed by atoms with E-state index in [2.05, 4.69) is 18.7 Å². The molecule has 4 nitrogen and oxygen atoms in total. The van der Waals surface area contributed by atoms with Crippen LogP contribution in [0.1, 0.15) is 20.3 Å². The molecule has 3 atom stereocenters. The number of benzene rings is 1. The predicted molar refractivity (Wildman–Crippen MR) is 81.7 cm³/mol. The van der Waals surface area contributed by atoms with Gasteiger partial charge in [0, 0.05) is 13.1 Å². The molecule has 20 heavy (non-hydrogen) atoms. The highest BCUT2D eigenvalue weighted by atomic mass is 16.5. The topological polar surface area (TPSA) is 58.7 Å². The van der Waals surface area contributed by atoms with Gasteiger partial charge in [0.05, 0.1) is 5.69 Å². The molecule has 0 saturated carbocycles. The van der Waals surface area contributed by atoms with Crippen molar-refractivity contribution in [2.45, 2.75) is 26.4 Å². The molecule has 1 aliphatic rings. The molecule has 0 radical (unpaired) electrons. The van der Waals surface area contributed by atoms with Crippen LogP contribution in [-0.4, -0.2) is 42.4 Å². The number of rotatable bonds is 5. The molecule has 0 aromatic heterocycles. The van der Waals surface area contributed by atoms with E-state index in [-0.39, 0.29) is 6.61 Å². The fourth-order valence-corrected chi connectivity index (χ4v) is 2.66. The number of anilines is 1. The zero-order valence-electron chi connectivity index (χ0n) is 12.5. The predicted octanol–water partition coefficient (Wildman–Crippen LogP) is 1.99. The van der Waals surface area contributed by atoms with Gasteiger partial charge in [-0.1, -0.05) is 26.0 Å². The fourth-order valence-electron chi connectivity index (χ4n) is 2.66. The van der Waals surface area contributed by atoms with Gasteiger partial charge in [-0.2, -0.15) is 0 Å². The van der Waals surface area contributed by atoms with Gasteiger partial charge in [-0.15, -0.1) is 0 Å². The van der Waals surface area contributed by atoms with Crippen LogP contribution < -0.4 is 10.5 Å². The second-order valence-corrected chi connectivity index (χ2v) is 6.01. The Morgan fingerprint density at radius 2 is 2.10 bits per heavy atom. The van der Waals surface area contributed by atoms with Gasteiger partial charge >= 0.3 is 0 Å². The maximum Gasteiger partial charge on any atom is 0.142 e. The molecule has 1 heterocycles. The monoisotopic (exact) mass is 278 g/mol. The summed E-state index contributed by atoms with van der Waals surface area (Å²) in [5, 5.41) is 10.1. The summed E-state index contributed by atoms with van der Waals surface area (Å²) in [6.45, 7) is 7.67. The number of nitrogen functional groups attached to an aromatic ring is 1. The van der Waals surface area contributed by atoms with Crippen molar-refractivity contribution in [3.8, 4) is 5.75 Å². The van der Waals surface area contributed by atoms with E-state index in [9.17, 15) is 5.11 Å². The molecule has 3 N–H and O–H groups in total. The molecule has 4 heteroatoms. The maximum absolute atomic E-state index is 10.1. The van der Waals surface area contributed by atoms with Crippen molar-refractivity contribution in [3.63, 3.8) is 0 Å². The average molecular weight is 278 g/mol. The molecule has 0 amide bonds. The van der Waals surface area contributed by atoms with Crippen LogP contribution in [0.4, 0.5) is 5.69 Å². The van der Waals surface area contributed by atoms with E-state index in [4.69, 9.17) is 10.5 Å². The lowest BCUT2D eigenvalue weighted by atomic mass is 9.88. The first-order chi connectivity index (χ1) is 9.56. The number of nitrogens with zero attached hydrogens (tertiary/aromatic N) is 1. The number of likely N-dealkylation sites (tertiary alicyclic amines) is 1. The Morgan fingerprint density at radius 3 is 2.80 bits per heavy atom. The number of β-amino-alcohol motifs (C(OH)–C–C–N with tert-alkyl or cyclic N) is 1. The van der Waals surface area contributed by atoms with Crippen LogP contribution >= 0.6 is 0 Å². The van der Waals surface area contributed by atoms with E-state index in [0.717, 1.165) is 19.0 Å². The number of nitrogens with two attached hydrogens (primary N) is 1. The van der Waals surface area contributed by atoms with Gasteiger partial charge in [0.25, 0.3) is 0 Å². The molecule has 0 spiro atoms. The molecule has 1 aromatic carbocycles. The van der Waals surface area contributed by atoms with Crippen molar-refractivity contribution in [1.82, 2.24) is 4.90 Å². The van der Waals surface area contributed by atoms with Crippen molar-refractivity contribution in [1.29, 1.82) is 0 Å². The summed E-state index contributed by atoms with van der Waals surface area (Å²) in [5.41, 5.74) is 6.42. The lowest BCUT2D eigenvalue weighted by Crippen LogP contribution is -2.43. The Labute approximate surface area is 121 Å². The Morgan fingerprint density at radius 1 is 1.35 bits per heavy atom. The van der Waals surface area contributed by atoms with Gasteiger partial charge in [0.2, 0.25) is 0 Å². The van der Waals surface area contributed by atoms with Gasteiger partial charge in [-0.05, 0) is 36.9 Å². The first kappa shape index (κ1) is 15.1. The van der Waals surface area contributed by atoms with E-state index in [1.54, 1.807) is 6.07 Å². The van der Waals surface area contributed by atoms with Gasteiger partial charge in [-0.25, -0.2) is 0 Å². The van der Waals surface area contributed by atoms with Crippen LogP contribution in [0.5, 0.6) is 5.75 Å². The van der Waals surface area contributed by atoms with Crippen molar-refractivity contribution in [2.24, 2.45) is 11.8 Å². The van der Waals surface area contributed by atoms with Crippen molar-refractivity contribution < 1.29 is 9.84 Å².